The fraction of sp³-hybridized carbons (Fsp3) is 0.500. The largest absolute Gasteiger partial charge is 0.476 e. The van der Waals surface area contributed by atoms with Gasteiger partial charge in [0.05, 0.1) is 6.54 Å². The van der Waals surface area contributed by atoms with Gasteiger partial charge in [0.15, 0.2) is 0 Å². The molecule has 1 saturated carbocycles. The van der Waals surface area contributed by atoms with Crippen LogP contribution < -0.4 is 5.73 Å². The van der Waals surface area contributed by atoms with Crippen LogP contribution in [0.15, 0.2) is 29.3 Å². The highest BCUT2D eigenvalue weighted by atomic mass is 16.5. The zero-order chi connectivity index (χ0) is 11.7. The van der Waals surface area contributed by atoms with Crippen molar-refractivity contribution in [2.75, 3.05) is 19.7 Å². The minimum absolute atomic E-state index is 0.172. The van der Waals surface area contributed by atoms with Crippen molar-refractivity contribution in [1.29, 1.82) is 0 Å². The van der Waals surface area contributed by atoms with Crippen LogP contribution >= 0.6 is 0 Å². The first kappa shape index (κ1) is 10.8. The van der Waals surface area contributed by atoms with Crippen LogP contribution in [0, 0.1) is 0 Å². The van der Waals surface area contributed by atoms with Gasteiger partial charge in [0, 0.05) is 17.5 Å². The molecule has 17 heavy (non-hydrogen) atoms. The van der Waals surface area contributed by atoms with E-state index in [0.717, 1.165) is 24.6 Å². The first-order valence-corrected chi connectivity index (χ1v) is 6.33. The summed E-state index contributed by atoms with van der Waals surface area (Å²) in [4.78, 5) is 4.43. The second-order valence-electron chi connectivity index (χ2n) is 4.92. The molecule has 0 saturated heterocycles. The highest BCUT2D eigenvalue weighted by Crippen LogP contribution is 2.44. The van der Waals surface area contributed by atoms with Crippen molar-refractivity contribution >= 4 is 5.90 Å². The minimum Gasteiger partial charge on any atom is -0.476 e. The summed E-state index contributed by atoms with van der Waals surface area (Å²) in [5, 5.41) is 0. The normalized spacial score (nSPS) is 21.6. The minimum atomic E-state index is 0.172. The number of ether oxygens (including phenoxy) is 1. The van der Waals surface area contributed by atoms with E-state index >= 15 is 0 Å². The van der Waals surface area contributed by atoms with Crippen LogP contribution in [-0.2, 0) is 10.2 Å². The summed E-state index contributed by atoms with van der Waals surface area (Å²) in [6.45, 7) is 2.20. The predicted octanol–water partition coefficient (Wildman–Crippen LogP) is 1.84. The van der Waals surface area contributed by atoms with Crippen molar-refractivity contribution in [3.63, 3.8) is 0 Å². The third-order valence-electron chi connectivity index (χ3n) is 4.02. The standard InChI is InChI=1S/C14H18N2O/c15-10-14(6-3-7-14)12-5-2-1-4-11(12)13-16-8-9-17-13/h1-2,4-5H,3,6-10,15H2. The maximum atomic E-state index is 5.99. The first-order valence-electron chi connectivity index (χ1n) is 6.33. The molecule has 0 unspecified atom stereocenters. The highest BCUT2D eigenvalue weighted by Gasteiger charge is 2.39. The van der Waals surface area contributed by atoms with Crippen LogP contribution in [0.25, 0.3) is 0 Å². The Labute approximate surface area is 102 Å². The Morgan fingerprint density at radius 3 is 2.71 bits per heavy atom. The second-order valence-corrected chi connectivity index (χ2v) is 4.92. The second kappa shape index (κ2) is 4.15. The molecule has 1 aliphatic carbocycles. The van der Waals surface area contributed by atoms with Gasteiger partial charge in [0.25, 0.3) is 0 Å². The van der Waals surface area contributed by atoms with E-state index in [-0.39, 0.29) is 5.41 Å². The lowest BCUT2D eigenvalue weighted by molar-refractivity contribution is 0.251. The number of hydrogen-bond donors (Lipinski definition) is 1. The van der Waals surface area contributed by atoms with E-state index in [0.29, 0.717) is 6.61 Å². The van der Waals surface area contributed by atoms with Gasteiger partial charge in [-0.25, -0.2) is 4.99 Å². The van der Waals surface area contributed by atoms with Crippen molar-refractivity contribution in [2.45, 2.75) is 24.7 Å². The smallest absolute Gasteiger partial charge is 0.216 e. The molecule has 0 aromatic heterocycles. The lowest BCUT2D eigenvalue weighted by Gasteiger charge is -2.42. The van der Waals surface area contributed by atoms with Gasteiger partial charge < -0.3 is 10.5 Å². The molecule has 2 N–H and O–H groups in total. The van der Waals surface area contributed by atoms with Gasteiger partial charge in [0.2, 0.25) is 5.90 Å². The molecule has 3 rings (SSSR count). The molecule has 1 fully saturated rings. The monoisotopic (exact) mass is 230 g/mol. The van der Waals surface area contributed by atoms with Gasteiger partial charge in [0.1, 0.15) is 6.61 Å². The lowest BCUT2D eigenvalue weighted by atomic mass is 9.63. The number of hydrogen-bond acceptors (Lipinski definition) is 3. The summed E-state index contributed by atoms with van der Waals surface area (Å²) in [7, 11) is 0. The SMILES string of the molecule is NCC1(c2ccccc2C2=NCCO2)CCC1. The molecule has 0 atom stereocenters. The van der Waals surface area contributed by atoms with Crippen molar-refractivity contribution in [3.05, 3.63) is 35.4 Å². The van der Waals surface area contributed by atoms with Crippen LogP contribution in [0.3, 0.4) is 0 Å². The Kier molecular flexibility index (Phi) is 2.63. The number of nitrogens with zero attached hydrogens (tertiary/aromatic N) is 1. The number of nitrogens with two attached hydrogens (primary N) is 1. The van der Waals surface area contributed by atoms with Crippen molar-refractivity contribution in [3.8, 4) is 0 Å². The molecule has 0 radical (unpaired) electrons. The maximum absolute atomic E-state index is 5.99. The zero-order valence-electron chi connectivity index (χ0n) is 9.98. The van der Waals surface area contributed by atoms with E-state index < -0.39 is 0 Å². The molecule has 3 heteroatoms. The third kappa shape index (κ3) is 1.65. The van der Waals surface area contributed by atoms with E-state index in [9.17, 15) is 0 Å². The number of aliphatic imine (C=N–C) groups is 1. The van der Waals surface area contributed by atoms with Crippen LogP contribution in [0.4, 0.5) is 0 Å². The average molecular weight is 230 g/mol. The number of benzene rings is 1. The van der Waals surface area contributed by atoms with Gasteiger partial charge in [-0.05, 0) is 24.5 Å². The van der Waals surface area contributed by atoms with E-state index in [4.69, 9.17) is 10.5 Å². The molecule has 0 amide bonds. The molecule has 0 spiro atoms. The van der Waals surface area contributed by atoms with Crippen LogP contribution in [0.2, 0.25) is 0 Å². The molecular weight excluding hydrogens is 212 g/mol. The molecular formula is C14H18N2O. The molecule has 1 heterocycles. The van der Waals surface area contributed by atoms with Gasteiger partial charge in [-0.3, -0.25) is 0 Å². The van der Waals surface area contributed by atoms with Crippen molar-refractivity contribution in [2.24, 2.45) is 10.7 Å². The Morgan fingerprint density at radius 1 is 1.29 bits per heavy atom. The summed E-state index contributed by atoms with van der Waals surface area (Å²) in [5.41, 5.74) is 8.64. The van der Waals surface area contributed by atoms with Crippen LogP contribution in [0.5, 0.6) is 0 Å². The summed E-state index contributed by atoms with van der Waals surface area (Å²) < 4.78 is 5.60. The Bertz CT molecular complexity index is 444. The van der Waals surface area contributed by atoms with Crippen molar-refractivity contribution < 1.29 is 4.74 Å². The number of rotatable bonds is 3. The van der Waals surface area contributed by atoms with Gasteiger partial charge in [-0.15, -0.1) is 0 Å². The predicted molar refractivity (Wildman–Crippen MR) is 68.4 cm³/mol. The van der Waals surface area contributed by atoms with Crippen LogP contribution in [-0.4, -0.2) is 25.6 Å². The van der Waals surface area contributed by atoms with Crippen LogP contribution in [0.1, 0.15) is 30.4 Å². The topological polar surface area (TPSA) is 47.6 Å². The van der Waals surface area contributed by atoms with Gasteiger partial charge in [-0.2, -0.15) is 0 Å². The molecule has 0 bridgehead atoms. The van der Waals surface area contributed by atoms with Crippen molar-refractivity contribution in [1.82, 2.24) is 0 Å². The molecule has 90 valence electrons. The van der Waals surface area contributed by atoms with E-state index in [1.54, 1.807) is 0 Å². The molecule has 1 aliphatic heterocycles. The average Bonchev–Trinajstić information content (AvgIpc) is 2.82. The van der Waals surface area contributed by atoms with Gasteiger partial charge >= 0.3 is 0 Å². The zero-order valence-corrected chi connectivity index (χ0v) is 9.98. The fourth-order valence-corrected chi connectivity index (χ4v) is 2.82. The summed E-state index contributed by atoms with van der Waals surface area (Å²) >= 11 is 0. The van der Waals surface area contributed by atoms with E-state index in [2.05, 4.69) is 23.2 Å². The summed E-state index contributed by atoms with van der Waals surface area (Å²) in [6, 6.07) is 8.43. The Balaban J connectivity index is 2.04. The maximum Gasteiger partial charge on any atom is 0.216 e. The van der Waals surface area contributed by atoms with E-state index in [1.165, 1.54) is 24.8 Å². The quantitative estimate of drug-likeness (QED) is 0.861. The Hall–Kier alpha value is -1.35. The molecule has 3 nitrogen and oxygen atoms in total. The molecule has 1 aromatic rings. The first-order chi connectivity index (χ1) is 8.36. The lowest BCUT2D eigenvalue weighted by Crippen LogP contribution is -2.42. The third-order valence-corrected chi connectivity index (χ3v) is 4.02. The van der Waals surface area contributed by atoms with Gasteiger partial charge in [-0.1, -0.05) is 24.6 Å². The fourth-order valence-electron chi connectivity index (χ4n) is 2.82. The molecule has 1 aromatic carbocycles. The van der Waals surface area contributed by atoms with E-state index in [1.807, 2.05) is 6.07 Å². The summed E-state index contributed by atoms with van der Waals surface area (Å²) in [6.07, 6.45) is 3.65. The highest BCUT2D eigenvalue weighted by molar-refractivity contribution is 5.96. The summed E-state index contributed by atoms with van der Waals surface area (Å²) in [5.74, 6) is 0.806. The Morgan fingerprint density at radius 2 is 2.12 bits per heavy atom. The molecule has 2 aliphatic rings.